The van der Waals surface area contributed by atoms with Gasteiger partial charge in [-0.3, -0.25) is 14.2 Å². The average Bonchev–Trinajstić information content (AvgIpc) is 2.89. The van der Waals surface area contributed by atoms with Crippen LogP contribution in [0.3, 0.4) is 0 Å². The van der Waals surface area contributed by atoms with Crippen molar-refractivity contribution in [1.29, 1.82) is 0 Å². The van der Waals surface area contributed by atoms with Crippen molar-refractivity contribution in [2.24, 2.45) is 0 Å². The van der Waals surface area contributed by atoms with Crippen molar-refractivity contribution >= 4 is 25.3 Å². The van der Waals surface area contributed by atoms with Crippen LogP contribution in [0.4, 0.5) is 0 Å². The summed E-state index contributed by atoms with van der Waals surface area (Å²) >= 11 is 0. The molecule has 0 saturated heterocycles. The molecule has 0 aliphatic rings. The van der Waals surface area contributed by atoms with Gasteiger partial charge in [-0.2, -0.15) is 0 Å². The largest absolute Gasteiger partial charge is 0.466 e. The Bertz CT molecular complexity index is 672. The Morgan fingerprint density at radius 3 is 1.74 bits per heavy atom. The Morgan fingerprint density at radius 1 is 0.667 bits per heavy atom. The van der Waals surface area contributed by atoms with Gasteiger partial charge in [0, 0.05) is 25.8 Å². The number of Topliss-reactive ketones (excluding diaryl/α,β-unsaturated/α-hetero) is 1. The fourth-order valence-corrected chi connectivity index (χ4v) is 5.43. The van der Waals surface area contributed by atoms with Crippen molar-refractivity contribution in [2.45, 2.75) is 149 Å². The minimum atomic E-state index is -3.69. The number of hydrogen-bond donors (Lipinski definition) is 2. The molecule has 0 aliphatic carbocycles. The number of ether oxygens (including phenoxy) is 1. The SMILES string of the molecule is CCCCCCCCCCCCCCCCCC(=O)OCCCCP(=O)(O)OCCCNC(=O)CCC(C)=O. The quantitative estimate of drug-likeness (QED) is 0.0534. The Balaban J connectivity index is 3.46. The fraction of sp³-hybridized carbons (Fsp3) is 0.900. The van der Waals surface area contributed by atoms with Gasteiger partial charge in [0.05, 0.1) is 19.4 Å². The van der Waals surface area contributed by atoms with E-state index in [9.17, 15) is 23.8 Å². The highest BCUT2D eigenvalue weighted by atomic mass is 31.2. The molecule has 230 valence electrons. The molecule has 0 spiro atoms. The van der Waals surface area contributed by atoms with Crippen molar-refractivity contribution < 1.29 is 33.1 Å². The molecule has 0 aromatic carbocycles. The molecule has 1 atom stereocenters. The van der Waals surface area contributed by atoms with E-state index in [4.69, 9.17) is 9.26 Å². The zero-order valence-corrected chi connectivity index (χ0v) is 25.9. The van der Waals surface area contributed by atoms with E-state index in [1.165, 1.54) is 90.4 Å². The minimum absolute atomic E-state index is 0.00850. The summed E-state index contributed by atoms with van der Waals surface area (Å²) in [6.07, 6.45) is 21.5. The monoisotopic (exact) mass is 575 g/mol. The second kappa shape index (κ2) is 27.0. The highest BCUT2D eigenvalue weighted by molar-refractivity contribution is 7.52. The van der Waals surface area contributed by atoms with E-state index in [0.717, 1.165) is 12.8 Å². The fourth-order valence-electron chi connectivity index (χ4n) is 4.26. The van der Waals surface area contributed by atoms with E-state index in [-0.39, 0.29) is 49.9 Å². The molecule has 1 amide bonds. The topological polar surface area (TPSA) is 119 Å². The van der Waals surface area contributed by atoms with Gasteiger partial charge < -0.3 is 24.3 Å². The molecule has 0 fully saturated rings. The lowest BCUT2D eigenvalue weighted by atomic mass is 10.0. The van der Waals surface area contributed by atoms with Gasteiger partial charge in [0.15, 0.2) is 0 Å². The summed E-state index contributed by atoms with van der Waals surface area (Å²) in [5.41, 5.74) is 0. The summed E-state index contributed by atoms with van der Waals surface area (Å²) < 4.78 is 22.4. The molecule has 0 bridgehead atoms. The molecule has 8 nitrogen and oxygen atoms in total. The van der Waals surface area contributed by atoms with Gasteiger partial charge in [-0.1, -0.05) is 96.8 Å². The van der Waals surface area contributed by atoms with Crippen molar-refractivity contribution in [3.8, 4) is 0 Å². The number of ketones is 1. The molecule has 0 aromatic rings. The van der Waals surface area contributed by atoms with E-state index >= 15 is 0 Å². The van der Waals surface area contributed by atoms with E-state index < -0.39 is 7.60 Å². The van der Waals surface area contributed by atoms with Crippen LogP contribution >= 0.6 is 7.60 Å². The average molecular weight is 576 g/mol. The summed E-state index contributed by atoms with van der Waals surface area (Å²) in [5.74, 6) is -0.449. The van der Waals surface area contributed by atoms with Crippen molar-refractivity contribution in [3.05, 3.63) is 0 Å². The van der Waals surface area contributed by atoms with Gasteiger partial charge in [-0.15, -0.1) is 0 Å². The van der Waals surface area contributed by atoms with E-state index in [1.807, 2.05) is 0 Å². The Kier molecular flexibility index (Phi) is 26.1. The first-order chi connectivity index (χ1) is 18.8. The summed E-state index contributed by atoms with van der Waals surface area (Å²) in [6.45, 7) is 4.34. The minimum Gasteiger partial charge on any atom is -0.466 e. The third kappa shape index (κ3) is 29.6. The maximum atomic E-state index is 12.1. The van der Waals surface area contributed by atoms with Crippen LogP contribution in [0.25, 0.3) is 0 Å². The second-order valence-electron chi connectivity index (χ2n) is 10.7. The van der Waals surface area contributed by atoms with Gasteiger partial charge in [0.25, 0.3) is 0 Å². The van der Waals surface area contributed by atoms with Gasteiger partial charge in [0.1, 0.15) is 5.78 Å². The molecule has 2 N–H and O–H groups in total. The molecule has 39 heavy (non-hydrogen) atoms. The first-order valence-corrected chi connectivity index (χ1v) is 17.4. The molecule has 0 radical (unpaired) electrons. The molecular formula is C30H58NO7P. The number of carbonyl (C=O) groups excluding carboxylic acids is 3. The van der Waals surface area contributed by atoms with E-state index in [0.29, 0.717) is 32.2 Å². The van der Waals surface area contributed by atoms with Crippen LogP contribution in [0.2, 0.25) is 0 Å². The van der Waals surface area contributed by atoms with Crippen LogP contribution in [-0.4, -0.2) is 48.5 Å². The third-order valence-corrected chi connectivity index (χ3v) is 8.19. The van der Waals surface area contributed by atoms with Gasteiger partial charge in [0.2, 0.25) is 5.91 Å². The second-order valence-corrected chi connectivity index (χ2v) is 12.7. The predicted molar refractivity (Wildman–Crippen MR) is 158 cm³/mol. The Labute approximate surface area is 238 Å². The number of amides is 1. The molecular weight excluding hydrogens is 517 g/mol. The zero-order chi connectivity index (χ0) is 29.0. The van der Waals surface area contributed by atoms with Gasteiger partial charge >= 0.3 is 13.6 Å². The number of hydrogen-bond acceptors (Lipinski definition) is 6. The Hall–Kier alpha value is -1.24. The number of unbranched alkanes of at least 4 members (excludes halogenated alkanes) is 15. The third-order valence-electron chi connectivity index (χ3n) is 6.72. The van der Waals surface area contributed by atoms with Crippen molar-refractivity contribution in [1.82, 2.24) is 5.32 Å². The normalized spacial score (nSPS) is 12.7. The zero-order valence-electron chi connectivity index (χ0n) is 25.0. The summed E-state index contributed by atoms with van der Waals surface area (Å²) in [6, 6.07) is 0. The molecule has 0 rings (SSSR count). The molecule has 0 heterocycles. The molecule has 0 aromatic heterocycles. The maximum Gasteiger partial charge on any atom is 0.328 e. The summed E-state index contributed by atoms with van der Waals surface area (Å²) in [4.78, 5) is 44.1. The first kappa shape index (κ1) is 37.8. The molecule has 0 saturated carbocycles. The van der Waals surface area contributed by atoms with Crippen LogP contribution < -0.4 is 5.32 Å². The Morgan fingerprint density at radius 2 is 1.21 bits per heavy atom. The number of rotatable bonds is 29. The highest BCUT2D eigenvalue weighted by Gasteiger charge is 2.18. The van der Waals surface area contributed by atoms with Crippen molar-refractivity contribution in [3.63, 3.8) is 0 Å². The van der Waals surface area contributed by atoms with Crippen LogP contribution in [0.15, 0.2) is 0 Å². The molecule has 9 heteroatoms. The van der Waals surface area contributed by atoms with Crippen LogP contribution in [0.5, 0.6) is 0 Å². The number of esters is 1. The highest BCUT2D eigenvalue weighted by Crippen LogP contribution is 2.42. The van der Waals surface area contributed by atoms with E-state index in [1.54, 1.807) is 0 Å². The lowest BCUT2D eigenvalue weighted by Gasteiger charge is -2.12. The maximum absolute atomic E-state index is 12.1. The summed E-state index contributed by atoms with van der Waals surface area (Å²) in [7, 11) is -3.69. The van der Waals surface area contributed by atoms with Crippen LogP contribution in [0, 0.1) is 0 Å². The van der Waals surface area contributed by atoms with Crippen LogP contribution in [-0.2, 0) is 28.2 Å². The predicted octanol–water partition coefficient (Wildman–Crippen LogP) is 7.65. The molecule has 0 aliphatic heterocycles. The lowest BCUT2D eigenvalue weighted by molar-refractivity contribution is -0.143. The lowest BCUT2D eigenvalue weighted by Crippen LogP contribution is -2.25. The van der Waals surface area contributed by atoms with Crippen molar-refractivity contribution in [2.75, 3.05) is 25.9 Å². The first-order valence-electron chi connectivity index (χ1n) is 15.6. The van der Waals surface area contributed by atoms with E-state index in [2.05, 4.69) is 12.2 Å². The van der Waals surface area contributed by atoms with Gasteiger partial charge in [-0.05, 0) is 32.6 Å². The number of carbonyl (C=O) groups is 3. The smallest absolute Gasteiger partial charge is 0.328 e. The standard InChI is InChI=1S/C30H58NO7P/c1-3-4-5-6-7-8-9-10-11-12-13-14-15-16-17-21-30(34)37-25-18-19-27-39(35,36)38-26-20-24-31-29(33)23-22-28(2)32/h3-27H2,1-2H3,(H,31,33)(H,35,36). The molecule has 1 unspecified atom stereocenters. The number of nitrogens with one attached hydrogen (secondary N) is 1. The van der Waals surface area contributed by atoms with Gasteiger partial charge in [-0.25, -0.2) is 0 Å². The van der Waals surface area contributed by atoms with Crippen LogP contribution in [0.1, 0.15) is 149 Å². The summed E-state index contributed by atoms with van der Waals surface area (Å²) in [5, 5.41) is 2.65.